The van der Waals surface area contributed by atoms with E-state index in [4.69, 9.17) is 5.73 Å². The zero-order valence-corrected chi connectivity index (χ0v) is 9.93. The van der Waals surface area contributed by atoms with Gasteiger partial charge in [0.15, 0.2) is 0 Å². The van der Waals surface area contributed by atoms with Gasteiger partial charge in [-0.05, 0) is 29.9 Å². The molecule has 1 aliphatic rings. The van der Waals surface area contributed by atoms with E-state index in [1.165, 1.54) is 11.1 Å². The van der Waals surface area contributed by atoms with Gasteiger partial charge in [-0.1, -0.05) is 24.3 Å². The average molecular weight is 241 g/mol. The van der Waals surface area contributed by atoms with Gasteiger partial charge >= 0.3 is 0 Å². The van der Waals surface area contributed by atoms with Crippen LogP contribution in [0.4, 0.5) is 0 Å². The number of hydrogen-bond acceptors (Lipinski definition) is 2. The molecule has 1 amide bonds. The molecule has 16 heavy (non-hydrogen) atoms. The molecule has 1 aromatic carbocycles. The van der Waals surface area contributed by atoms with E-state index < -0.39 is 0 Å². The van der Waals surface area contributed by atoms with Crippen LogP contribution in [0.1, 0.15) is 11.1 Å². The number of carbonyl (C=O) groups excluding carboxylic acids is 1. The minimum absolute atomic E-state index is 0. The topological polar surface area (TPSA) is 55.1 Å². The van der Waals surface area contributed by atoms with E-state index in [2.05, 4.69) is 29.6 Å². The minimum atomic E-state index is -0.0639. The molecule has 0 unspecified atom stereocenters. The molecule has 0 bridgehead atoms. The largest absolute Gasteiger partial charge is 0.355 e. The van der Waals surface area contributed by atoms with Crippen molar-refractivity contribution in [3.05, 3.63) is 35.4 Å². The summed E-state index contributed by atoms with van der Waals surface area (Å²) in [6, 6.07) is 8.47. The van der Waals surface area contributed by atoms with Crippen LogP contribution in [-0.2, 0) is 17.6 Å². The second kappa shape index (κ2) is 5.87. The van der Waals surface area contributed by atoms with Gasteiger partial charge in [-0.2, -0.15) is 0 Å². The Hall–Kier alpha value is -1.06. The predicted molar refractivity (Wildman–Crippen MR) is 66.7 cm³/mol. The molecule has 1 aromatic rings. The number of fused-ring (bicyclic) bond motifs is 1. The fraction of sp³-hybridized carbons (Fsp3) is 0.417. The third-order valence-corrected chi connectivity index (χ3v) is 2.91. The summed E-state index contributed by atoms with van der Waals surface area (Å²) in [5.74, 6) is 0.476. The quantitative estimate of drug-likeness (QED) is 0.825. The van der Waals surface area contributed by atoms with Crippen molar-refractivity contribution in [1.29, 1.82) is 0 Å². The fourth-order valence-corrected chi connectivity index (χ4v) is 2.12. The molecule has 0 aromatic heterocycles. The van der Waals surface area contributed by atoms with E-state index in [0.29, 0.717) is 5.92 Å². The Labute approximate surface area is 102 Å². The second-order valence-corrected chi connectivity index (χ2v) is 4.05. The number of carbonyl (C=O) groups is 1. The van der Waals surface area contributed by atoms with Crippen molar-refractivity contribution in [2.75, 3.05) is 13.1 Å². The van der Waals surface area contributed by atoms with E-state index in [-0.39, 0.29) is 24.9 Å². The minimum Gasteiger partial charge on any atom is -0.355 e. The van der Waals surface area contributed by atoms with E-state index in [0.717, 1.165) is 19.4 Å². The van der Waals surface area contributed by atoms with Crippen molar-refractivity contribution >= 4 is 18.3 Å². The normalized spacial score (nSPS) is 14.1. The third-order valence-electron chi connectivity index (χ3n) is 2.91. The van der Waals surface area contributed by atoms with E-state index in [9.17, 15) is 4.79 Å². The van der Waals surface area contributed by atoms with Gasteiger partial charge in [-0.25, -0.2) is 0 Å². The standard InChI is InChI=1S/C12H16N2O.ClH/c13-7-12(15)14-8-9-5-10-3-1-2-4-11(10)6-9;/h1-4,9H,5-8,13H2,(H,14,15);1H. The van der Waals surface area contributed by atoms with Crippen molar-refractivity contribution in [1.82, 2.24) is 5.32 Å². The summed E-state index contributed by atoms with van der Waals surface area (Å²) >= 11 is 0. The highest BCUT2D eigenvalue weighted by Crippen LogP contribution is 2.25. The molecule has 1 aliphatic carbocycles. The highest BCUT2D eigenvalue weighted by molar-refractivity contribution is 5.85. The molecule has 0 saturated carbocycles. The Bertz CT molecular complexity index is 343. The summed E-state index contributed by atoms with van der Waals surface area (Å²) in [5, 5.41) is 2.85. The first-order valence-corrected chi connectivity index (χ1v) is 5.33. The Morgan fingerprint density at radius 1 is 1.31 bits per heavy atom. The maximum absolute atomic E-state index is 11.0. The predicted octanol–water partition coefficient (Wildman–Crippen LogP) is 0.898. The summed E-state index contributed by atoms with van der Waals surface area (Å²) in [6.07, 6.45) is 2.14. The highest BCUT2D eigenvalue weighted by Gasteiger charge is 2.20. The summed E-state index contributed by atoms with van der Waals surface area (Å²) in [7, 11) is 0. The smallest absolute Gasteiger partial charge is 0.233 e. The molecule has 0 atom stereocenters. The first kappa shape index (κ1) is 13.0. The maximum Gasteiger partial charge on any atom is 0.233 e. The van der Waals surface area contributed by atoms with Crippen LogP contribution in [0.5, 0.6) is 0 Å². The lowest BCUT2D eigenvalue weighted by Crippen LogP contribution is -2.34. The molecular formula is C12H17ClN2O. The number of nitrogens with one attached hydrogen (secondary N) is 1. The zero-order valence-electron chi connectivity index (χ0n) is 9.11. The molecule has 88 valence electrons. The fourth-order valence-electron chi connectivity index (χ4n) is 2.12. The molecule has 0 heterocycles. The molecular weight excluding hydrogens is 224 g/mol. The molecule has 0 saturated heterocycles. The Morgan fingerprint density at radius 2 is 1.88 bits per heavy atom. The highest BCUT2D eigenvalue weighted by atomic mass is 35.5. The lowest BCUT2D eigenvalue weighted by Gasteiger charge is -2.09. The van der Waals surface area contributed by atoms with Crippen LogP contribution >= 0.6 is 12.4 Å². The Morgan fingerprint density at radius 3 is 2.38 bits per heavy atom. The van der Waals surface area contributed by atoms with Crippen molar-refractivity contribution in [3.63, 3.8) is 0 Å². The van der Waals surface area contributed by atoms with E-state index >= 15 is 0 Å². The van der Waals surface area contributed by atoms with Gasteiger partial charge in [0.2, 0.25) is 5.91 Å². The van der Waals surface area contributed by atoms with Crippen molar-refractivity contribution in [3.8, 4) is 0 Å². The first-order chi connectivity index (χ1) is 7.29. The number of hydrogen-bond donors (Lipinski definition) is 2. The number of amides is 1. The molecule has 3 N–H and O–H groups in total. The number of nitrogens with two attached hydrogens (primary N) is 1. The van der Waals surface area contributed by atoms with Gasteiger partial charge in [0.25, 0.3) is 0 Å². The van der Waals surface area contributed by atoms with E-state index in [1.54, 1.807) is 0 Å². The molecule has 4 heteroatoms. The van der Waals surface area contributed by atoms with Gasteiger partial charge in [-0.3, -0.25) is 4.79 Å². The van der Waals surface area contributed by atoms with Crippen molar-refractivity contribution in [2.45, 2.75) is 12.8 Å². The SMILES string of the molecule is Cl.NCC(=O)NCC1Cc2ccccc2C1. The monoisotopic (exact) mass is 240 g/mol. The van der Waals surface area contributed by atoms with Gasteiger partial charge < -0.3 is 11.1 Å². The lowest BCUT2D eigenvalue weighted by molar-refractivity contribution is -0.119. The van der Waals surface area contributed by atoms with Crippen LogP contribution in [-0.4, -0.2) is 19.0 Å². The van der Waals surface area contributed by atoms with Crippen molar-refractivity contribution in [2.24, 2.45) is 11.7 Å². The van der Waals surface area contributed by atoms with Crippen LogP contribution < -0.4 is 11.1 Å². The second-order valence-electron chi connectivity index (χ2n) is 4.05. The van der Waals surface area contributed by atoms with Gasteiger partial charge in [0, 0.05) is 6.54 Å². The Kier molecular flexibility index (Phi) is 4.77. The van der Waals surface area contributed by atoms with Crippen LogP contribution in [0.25, 0.3) is 0 Å². The number of rotatable bonds is 3. The third kappa shape index (κ3) is 2.97. The molecule has 3 nitrogen and oxygen atoms in total. The average Bonchev–Trinajstić information content (AvgIpc) is 2.68. The first-order valence-electron chi connectivity index (χ1n) is 5.33. The van der Waals surface area contributed by atoms with Crippen LogP contribution in [0.3, 0.4) is 0 Å². The summed E-state index contributed by atoms with van der Waals surface area (Å²) < 4.78 is 0. The van der Waals surface area contributed by atoms with Crippen LogP contribution in [0.2, 0.25) is 0 Å². The van der Waals surface area contributed by atoms with Crippen LogP contribution in [0, 0.1) is 5.92 Å². The van der Waals surface area contributed by atoms with Crippen molar-refractivity contribution < 1.29 is 4.79 Å². The lowest BCUT2D eigenvalue weighted by atomic mass is 10.1. The van der Waals surface area contributed by atoms with Gasteiger partial charge in [-0.15, -0.1) is 12.4 Å². The number of benzene rings is 1. The van der Waals surface area contributed by atoms with Crippen LogP contribution in [0.15, 0.2) is 24.3 Å². The summed E-state index contributed by atoms with van der Waals surface area (Å²) in [4.78, 5) is 11.0. The zero-order chi connectivity index (χ0) is 10.7. The molecule has 0 aliphatic heterocycles. The maximum atomic E-state index is 11.0. The molecule has 0 radical (unpaired) electrons. The molecule has 2 rings (SSSR count). The summed E-state index contributed by atoms with van der Waals surface area (Å²) in [5.41, 5.74) is 8.07. The van der Waals surface area contributed by atoms with Gasteiger partial charge in [0.1, 0.15) is 0 Å². The summed E-state index contributed by atoms with van der Waals surface area (Å²) in [6.45, 7) is 0.824. The number of halogens is 1. The molecule has 0 spiro atoms. The molecule has 0 fully saturated rings. The van der Waals surface area contributed by atoms with E-state index in [1.807, 2.05) is 0 Å². The van der Waals surface area contributed by atoms with Gasteiger partial charge in [0.05, 0.1) is 6.54 Å². The Balaban J connectivity index is 0.00000128.